The zero-order valence-corrected chi connectivity index (χ0v) is 16.3. The molecule has 0 aliphatic rings. The Morgan fingerprint density at radius 2 is 1.80 bits per heavy atom. The summed E-state index contributed by atoms with van der Waals surface area (Å²) in [6, 6.07) is 18.5. The van der Waals surface area contributed by atoms with Crippen LogP contribution in [0.1, 0.15) is 15.9 Å². The Kier molecular flexibility index (Phi) is 5.80. The summed E-state index contributed by atoms with van der Waals surface area (Å²) in [4.78, 5) is 33.1. The average molecular weight is 399 g/mol. The molecule has 30 heavy (non-hydrogen) atoms. The molecule has 1 amide bonds. The zero-order valence-electron chi connectivity index (χ0n) is 16.3. The molecule has 0 fully saturated rings. The number of carbonyl (C=O) groups is 1. The summed E-state index contributed by atoms with van der Waals surface area (Å²) >= 11 is 0. The number of benzene rings is 2. The highest BCUT2D eigenvalue weighted by atomic mass is 16.1. The van der Waals surface area contributed by atoms with Crippen LogP contribution >= 0.6 is 0 Å². The Morgan fingerprint density at radius 3 is 2.50 bits per heavy atom. The smallest absolute Gasteiger partial charge is 0.253 e. The Bertz CT molecular complexity index is 1170. The van der Waals surface area contributed by atoms with E-state index in [0.29, 0.717) is 30.9 Å². The average Bonchev–Trinajstić information content (AvgIpc) is 3.29. The van der Waals surface area contributed by atoms with Crippen LogP contribution in [0.2, 0.25) is 0 Å². The van der Waals surface area contributed by atoms with Crippen LogP contribution in [0.15, 0.2) is 90.5 Å². The normalized spacial score (nSPS) is 10.7. The molecule has 150 valence electrons. The Hall–Kier alpha value is -4.00. The van der Waals surface area contributed by atoms with Crippen LogP contribution in [0, 0.1) is 0 Å². The monoisotopic (exact) mass is 399 g/mol. The summed E-state index contributed by atoms with van der Waals surface area (Å²) in [6.07, 6.45) is 6.90. The number of nitrogens with one attached hydrogen (secondary N) is 1. The lowest BCUT2D eigenvalue weighted by molar-refractivity contribution is 0.0952. The topological polar surface area (TPSA) is 81.8 Å². The predicted octanol–water partition coefficient (Wildman–Crippen LogP) is 2.59. The molecule has 0 spiro atoms. The highest BCUT2D eigenvalue weighted by molar-refractivity contribution is 5.94. The van der Waals surface area contributed by atoms with Gasteiger partial charge in [-0.3, -0.25) is 14.2 Å². The molecule has 0 unspecified atom stereocenters. The number of nitrogens with zero attached hydrogens (tertiary/aromatic N) is 4. The summed E-state index contributed by atoms with van der Waals surface area (Å²) in [6.45, 7) is 1.39. The van der Waals surface area contributed by atoms with Gasteiger partial charge in [0, 0.05) is 49.2 Å². The minimum atomic E-state index is -0.175. The van der Waals surface area contributed by atoms with E-state index in [0.717, 1.165) is 11.1 Å². The second kappa shape index (κ2) is 9.00. The van der Waals surface area contributed by atoms with Crippen molar-refractivity contribution in [3.05, 3.63) is 107 Å². The maximum atomic E-state index is 12.4. The van der Waals surface area contributed by atoms with Gasteiger partial charge in [0.15, 0.2) is 0 Å². The first-order valence-corrected chi connectivity index (χ1v) is 9.64. The molecule has 7 heteroatoms. The summed E-state index contributed by atoms with van der Waals surface area (Å²) in [5.41, 5.74) is 3.04. The van der Waals surface area contributed by atoms with Gasteiger partial charge in [-0.2, -0.15) is 0 Å². The number of hydrogen-bond acceptors (Lipinski definition) is 4. The van der Waals surface area contributed by atoms with Crippen molar-refractivity contribution in [2.24, 2.45) is 0 Å². The standard InChI is InChI=1S/C23H21N5O2/c29-22-14-21(19-4-2-1-3-5-19)26-17-28(22)13-11-25-23(30)20-8-6-18(7-9-20)15-27-12-10-24-16-27/h1-10,12,14,16-17H,11,13,15H2,(H,25,30). The molecule has 4 rings (SSSR count). The fraction of sp³-hybridized carbons (Fsp3) is 0.130. The molecule has 0 atom stereocenters. The lowest BCUT2D eigenvalue weighted by Crippen LogP contribution is -2.30. The molecule has 0 radical (unpaired) electrons. The lowest BCUT2D eigenvalue weighted by atomic mass is 10.1. The number of imidazole rings is 1. The summed E-state index contributed by atoms with van der Waals surface area (Å²) in [5.74, 6) is -0.175. The van der Waals surface area contributed by atoms with Crippen molar-refractivity contribution in [1.82, 2.24) is 24.4 Å². The molecule has 2 aromatic heterocycles. The molecule has 0 saturated heterocycles. The predicted molar refractivity (Wildman–Crippen MR) is 114 cm³/mol. The van der Waals surface area contributed by atoms with Crippen molar-refractivity contribution < 1.29 is 4.79 Å². The van der Waals surface area contributed by atoms with E-state index in [9.17, 15) is 9.59 Å². The van der Waals surface area contributed by atoms with Crippen LogP contribution < -0.4 is 10.9 Å². The number of rotatable bonds is 7. The van der Waals surface area contributed by atoms with Crippen LogP contribution in [-0.4, -0.2) is 31.6 Å². The van der Waals surface area contributed by atoms with E-state index >= 15 is 0 Å². The fourth-order valence-electron chi connectivity index (χ4n) is 3.11. The minimum Gasteiger partial charge on any atom is -0.350 e. The first-order valence-electron chi connectivity index (χ1n) is 9.64. The highest BCUT2D eigenvalue weighted by Gasteiger charge is 2.07. The van der Waals surface area contributed by atoms with Crippen molar-refractivity contribution in [3.8, 4) is 11.3 Å². The van der Waals surface area contributed by atoms with E-state index in [-0.39, 0.29) is 11.5 Å². The molecule has 7 nitrogen and oxygen atoms in total. The molecular weight excluding hydrogens is 378 g/mol. The van der Waals surface area contributed by atoms with Crippen molar-refractivity contribution in [3.63, 3.8) is 0 Å². The zero-order chi connectivity index (χ0) is 20.8. The molecule has 0 aliphatic heterocycles. The minimum absolute atomic E-state index is 0.151. The molecular formula is C23H21N5O2. The molecule has 4 aromatic rings. The van der Waals surface area contributed by atoms with Gasteiger partial charge in [0.2, 0.25) is 0 Å². The SMILES string of the molecule is O=C(NCCn1cnc(-c2ccccc2)cc1=O)c1ccc(Cn2ccnc2)cc1. The van der Waals surface area contributed by atoms with E-state index in [2.05, 4.69) is 15.3 Å². The van der Waals surface area contributed by atoms with Gasteiger partial charge < -0.3 is 9.88 Å². The van der Waals surface area contributed by atoms with Crippen molar-refractivity contribution >= 4 is 5.91 Å². The van der Waals surface area contributed by atoms with Crippen LogP contribution in [0.4, 0.5) is 0 Å². The number of carbonyl (C=O) groups excluding carboxylic acids is 1. The maximum Gasteiger partial charge on any atom is 0.253 e. The molecule has 2 heterocycles. The van der Waals surface area contributed by atoms with Gasteiger partial charge in [0.05, 0.1) is 18.3 Å². The summed E-state index contributed by atoms with van der Waals surface area (Å²) in [7, 11) is 0. The van der Waals surface area contributed by atoms with E-state index in [1.165, 1.54) is 17.0 Å². The molecule has 0 aliphatic carbocycles. The van der Waals surface area contributed by atoms with Crippen molar-refractivity contribution in [2.75, 3.05) is 6.54 Å². The van der Waals surface area contributed by atoms with Gasteiger partial charge in [-0.25, -0.2) is 9.97 Å². The Morgan fingerprint density at radius 1 is 1.00 bits per heavy atom. The first kappa shape index (κ1) is 19.3. The first-order chi connectivity index (χ1) is 14.7. The number of aromatic nitrogens is 4. The van der Waals surface area contributed by atoms with E-state index < -0.39 is 0 Å². The van der Waals surface area contributed by atoms with Gasteiger partial charge in [0.25, 0.3) is 11.5 Å². The van der Waals surface area contributed by atoms with Gasteiger partial charge >= 0.3 is 0 Å². The second-order valence-electron chi connectivity index (χ2n) is 6.86. The number of amides is 1. The molecule has 0 saturated carbocycles. The molecule has 1 N–H and O–H groups in total. The maximum absolute atomic E-state index is 12.4. The second-order valence-corrected chi connectivity index (χ2v) is 6.86. The lowest BCUT2D eigenvalue weighted by Gasteiger charge is -2.09. The van der Waals surface area contributed by atoms with Crippen LogP contribution in [0.25, 0.3) is 11.3 Å². The van der Waals surface area contributed by atoms with Gasteiger partial charge in [-0.05, 0) is 17.7 Å². The van der Waals surface area contributed by atoms with E-state index in [1.807, 2.05) is 53.2 Å². The quantitative estimate of drug-likeness (QED) is 0.518. The molecule has 0 bridgehead atoms. The Labute approximate surface area is 173 Å². The van der Waals surface area contributed by atoms with Gasteiger partial charge in [0.1, 0.15) is 0 Å². The van der Waals surface area contributed by atoms with Crippen molar-refractivity contribution in [1.29, 1.82) is 0 Å². The van der Waals surface area contributed by atoms with Crippen LogP contribution in [0.3, 0.4) is 0 Å². The van der Waals surface area contributed by atoms with E-state index in [4.69, 9.17) is 0 Å². The highest BCUT2D eigenvalue weighted by Crippen LogP contribution is 2.13. The third-order valence-corrected chi connectivity index (χ3v) is 4.73. The third kappa shape index (κ3) is 4.70. The fourth-order valence-corrected chi connectivity index (χ4v) is 3.11. The van der Waals surface area contributed by atoms with Gasteiger partial charge in [-0.1, -0.05) is 42.5 Å². The summed E-state index contributed by atoms with van der Waals surface area (Å²) in [5, 5.41) is 2.84. The van der Waals surface area contributed by atoms with Crippen molar-refractivity contribution in [2.45, 2.75) is 13.1 Å². The summed E-state index contributed by atoms with van der Waals surface area (Å²) < 4.78 is 3.45. The third-order valence-electron chi connectivity index (χ3n) is 4.73. The Balaban J connectivity index is 1.31. The number of hydrogen-bond donors (Lipinski definition) is 1. The van der Waals surface area contributed by atoms with E-state index in [1.54, 1.807) is 24.7 Å². The van der Waals surface area contributed by atoms with Crippen LogP contribution in [-0.2, 0) is 13.1 Å². The molecule has 2 aromatic carbocycles. The van der Waals surface area contributed by atoms with Crippen LogP contribution in [0.5, 0.6) is 0 Å². The largest absolute Gasteiger partial charge is 0.350 e. The van der Waals surface area contributed by atoms with Gasteiger partial charge in [-0.15, -0.1) is 0 Å².